The predicted molar refractivity (Wildman–Crippen MR) is 119 cm³/mol. The summed E-state index contributed by atoms with van der Waals surface area (Å²) in [5.41, 5.74) is 0.228. The summed E-state index contributed by atoms with van der Waals surface area (Å²) in [7, 11) is 0. The second-order valence-electron chi connectivity index (χ2n) is 10.4. The summed E-state index contributed by atoms with van der Waals surface area (Å²) >= 11 is 6.07. The topological polar surface area (TPSA) is 83.5 Å². The summed E-state index contributed by atoms with van der Waals surface area (Å²) in [6.45, 7) is 6.32. The average Bonchev–Trinajstić information content (AvgIpc) is 3.01. The number of rotatable bonds is 6. The Bertz CT molecular complexity index is 878. The molecule has 1 aromatic rings. The van der Waals surface area contributed by atoms with Crippen molar-refractivity contribution in [1.29, 1.82) is 0 Å². The third-order valence-corrected chi connectivity index (χ3v) is 8.51. The standard InChI is InChI=1S/C25H33ClO7/c1-14-4-9-19-15(2)22(29-20(10-11-21(27)28)16-5-7-17(26)8-6-16)30-23-25(19)18(14)12-13-24(3,31-23)32-33-25/h5-8,14-15,18-20,22-23H,4,9-13H2,1-3H3,(H,27,28)/t14-,15-,18+,19?,20?,22+,23-,24-,25-/m1/s1. The summed E-state index contributed by atoms with van der Waals surface area (Å²) in [5.74, 6) is -0.765. The van der Waals surface area contributed by atoms with Crippen LogP contribution in [0.1, 0.15) is 71.0 Å². The van der Waals surface area contributed by atoms with Crippen LogP contribution in [-0.2, 0) is 28.8 Å². The Balaban J connectivity index is 1.43. The Kier molecular flexibility index (Phi) is 6.25. The summed E-state index contributed by atoms with van der Waals surface area (Å²) in [5, 5.41) is 9.90. The molecule has 7 nitrogen and oxygen atoms in total. The lowest BCUT2D eigenvalue weighted by Crippen LogP contribution is -2.70. The van der Waals surface area contributed by atoms with Crippen LogP contribution < -0.4 is 0 Å². The van der Waals surface area contributed by atoms with Crippen molar-refractivity contribution in [3.8, 4) is 0 Å². The van der Waals surface area contributed by atoms with E-state index in [1.807, 2.05) is 19.1 Å². The predicted octanol–water partition coefficient (Wildman–Crippen LogP) is 5.47. The molecule has 1 spiro atoms. The summed E-state index contributed by atoms with van der Waals surface area (Å²) < 4.78 is 19.4. The first-order valence-corrected chi connectivity index (χ1v) is 12.4. The number of benzene rings is 1. The fraction of sp³-hybridized carbons (Fsp3) is 0.720. The van der Waals surface area contributed by atoms with E-state index >= 15 is 0 Å². The molecule has 8 heteroatoms. The van der Waals surface area contributed by atoms with Crippen molar-refractivity contribution >= 4 is 17.6 Å². The highest BCUT2D eigenvalue weighted by Gasteiger charge is 2.69. The van der Waals surface area contributed by atoms with Gasteiger partial charge in [0.15, 0.2) is 18.2 Å². The van der Waals surface area contributed by atoms with Gasteiger partial charge in [0.2, 0.25) is 5.79 Å². The molecule has 0 radical (unpaired) electrons. The Morgan fingerprint density at radius 2 is 1.94 bits per heavy atom. The summed E-state index contributed by atoms with van der Waals surface area (Å²) in [6.07, 6.45) is 2.56. The van der Waals surface area contributed by atoms with Crippen molar-refractivity contribution in [2.45, 2.75) is 89.4 Å². The van der Waals surface area contributed by atoms with Gasteiger partial charge in [-0.1, -0.05) is 37.6 Å². The van der Waals surface area contributed by atoms with E-state index in [0.717, 1.165) is 31.2 Å². The Hall–Kier alpha value is -1.22. The van der Waals surface area contributed by atoms with E-state index in [1.54, 1.807) is 12.1 Å². The molecule has 4 aliphatic heterocycles. The summed E-state index contributed by atoms with van der Waals surface area (Å²) in [4.78, 5) is 23.4. The van der Waals surface area contributed by atoms with Crippen LogP contribution in [0.2, 0.25) is 5.02 Å². The molecule has 0 amide bonds. The SMILES string of the molecule is C[C@@H]1CCC2[C@@H](C)[C@@H](OC(CCC(=O)O)c3ccc(Cl)cc3)O[C@@H]3O[C@@]4(C)CC[C@@H]1[C@@]23OO4. The highest BCUT2D eigenvalue weighted by Crippen LogP contribution is 2.60. The Morgan fingerprint density at radius 3 is 2.67 bits per heavy atom. The van der Waals surface area contributed by atoms with Gasteiger partial charge in [0.25, 0.3) is 0 Å². The smallest absolute Gasteiger partial charge is 0.303 e. The number of carboxylic acids is 1. The van der Waals surface area contributed by atoms with Crippen molar-refractivity contribution < 1.29 is 33.9 Å². The Morgan fingerprint density at radius 1 is 1.18 bits per heavy atom. The number of hydrogen-bond donors (Lipinski definition) is 1. The second kappa shape index (κ2) is 8.77. The molecule has 33 heavy (non-hydrogen) atoms. The maximum Gasteiger partial charge on any atom is 0.303 e. The number of halogens is 1. The van der Waals surface area contributed by atoms with Crippen molar-refractivity contribution in [2.24, 2.45) is 23.7 Å². The van der Waals surface area contributed by atoms with Crippen LogP contribution in [0.3, 0.4) is 0 Å². The largest absolute Gasteiger partial charge is 0.481 e. The number of hydrogen-bond acceptors (Lipinski definition) is 6. The van der Waals surface area contributed by atoms with E-state index in [4.69, 9.17) is 35.6 Å². The zero-order valence-electron chi connectivity index (χ0n) is 19.4. The van der Waals surface area contributed by atoms with Crippen molar-refractivity contribution in [1.82, 2.24) is 0 Å². The molecule has 1 N–H and O–H groups in total. The maximum absolute atomic E-state index is 11.3. The fourth-order valence-corrected chi connectivity index (χ4v) is 6.56. The average molecular weight is 481 g/mol. The van der Waals surface area contributed by atoms with Gasteiger partial charge in [0.05, 0.1) is 6.10 Å². The molecule has 2 bridgehead atoms. The normalized spacial score (nSPS) is 42.9. The molecule has 5 aliphatic rings. The third kappa shape index (κ3) is 4.11. The third-order valence-electron chi connectivity index (χ3n) is 8.26. The highest BCUT2D eigenvalue weighted by atomic mass is 35.5. The molecule has 1 saturated carbocycles. The van der Waals surface area contributed by atoms with E-state index in [0.29, 0.717) is 17.4 Å². The minimum absolute atomic E-state index is 0.00367. The fourth-order valence-electron chi connectivity index (χ4n) is 6.43. The van der Waals surface area contributed by atoms with Gasteiger partial charge < -0.3 is 19.3 Å². The molecule has 182 valence electrons. The number of carbonyl (C=O) groups is 1. The van der Waals surface area contributed by atoms with Gasteiger partial charge >= 0.3 is 5.97 Å². The van der Waals surface area contributed by atoms with Crippen LogP contribution in [-0.4, -0.2) is 35.0 Å². The number of aliphatic carboxylic acids is 1. The van der Waals surface area contributed by atoms with E-state index in [-0.39, 0.29) is 24.2 Å². The lowest BCUT2D eigenvalue weighted by molar-refractivity contribution is -0.578. The molecule has 9 atom stereocenters. The van der Waals surface area contributed by atoms with E-state index in [2.05, 4.69) is 13.8 Å². The highest BCUT2D eigenvalue weighted by molar-refractivity contribution is 6.30. The van der Waals surface area contributed by atoms with Crippen LogP contribution >= 0.6 is 11.6 Å². The molecule has 0 aromatic heterocycles. The van der Waals surface area contributed by atoms with Gasteiger partial charge in [-0.2, -0.15) is 0 Å². The molecule has 1 aromatic carbocycles. The van der Waals surface area contributed by atoms with Crippen LogP contribution in [0.25, 0.3) is 0 Å². The summed E-state index contributed by atoms with van der Waals surface area (Å²) in [6, 6.07) is 7.34. The molecule has 5 fully saturated rings. The second-order valence-corrected chi connectivity index (χ2v) is 10.8. The zero-order valence-corrected chi connectivity index (χ0v) is 20.1. The van der Waals surface area contributed by atoms with E-state index < -0.39 is 36.0 Å². The van der Waals surface area contributed by atoms with Crippen LogP contribution in [0.4, 0.5) is 0 Å². The van der Waals surface area contributed by atoms with Gasteiger partial charge in [-0.05, 0) is 62.1 Å². The van der Waals surface area contributed by atoms with Crippen molar-refractivity contribution in [3.05, 3.63) is 34.9 Å². The Labute approximate surface area is 199 Å². The molecule has 2 unspecified atom stereocenters. The van der Waals surface area contributed by atoms with E-state index in [9.17, 15) is 9.90 Å². The van der Waals surface area contributed by atoms with Gasteiger partial charge in [0, 0.05) is 29.7 Å². The van der Waals surface area contributed by atoms with Gasteiger partial charge in [-0.3, -0.25) is 4.79 Å². The van der Waals surface area contributed by atoms with E-state index in [1.165, 1.54) is 0 Å². The minimum atomic E-state index is -0.860. The molecule has 4 saturated heterocycles. The van der Waals surface area contributed by atoms with Gasteiger partial charge in [-0.25, -0.2) is 9.78 Å². The zero-order chi connectivity index (χ0) is 23.4. The first-order chi connectivity index (χ1) is 15.7. The first kappa shape index (κ1) is 23.5. The molecule has 4 heterocycles. The lowest BCUT2D eigenvalue weighted by atomic mass is 9.58. The maximum atomic E-state index is 11.3. The molecular formula is C25H33ClO7. The molecule has 6 rings (SSSR count). The van der Waals surface area contributed by atoms with Crippen LogP contribution in [0, 0.1) is 23.7 Å². The number of fused-ring (bicyclic) bond motifs is 2. The molecular weight excluding hydrogens is 448 g/mol. The number of ether oxygens (including phenoxy) is 3. The van der Waals surface area contributed by atoms with Crippen LogP contribution in [0.5, 0.6) is 0 Å². The van der Waals surface area contributed by atoms with Crippen LogP contribution in [0.15, 0.2) is 24.3 Å². The monoisotopic (exact) mass is 480 g/mol. The van der Waals surface area contributed by atoms with Crippen molar-refractivity contribution in [2.75, 3.05) is 0 Å². The van der Waals surface area contributed by atoms with Crippen molar-refractivity contribution in [3.63, 3.8) is 0 Å². The van der Waals surface area contributed by atoms with Gasteiger partial charge in [0.1, 0.15) is 0 Å². The lowest BCUT2D eigenvalue weighted by Gasteiger charge is -2.60. The first-order valence-electron chi connectivity index (χ1n) is 12.0. The number of carboxylic acid groups (broad SMARTS) is 1. The molecule has 1 aliphatic carbocycles. The quantitative estimate of drug-likeness (QED) is 0.540. The minimum Gasteiger partial charge on any atom is -0.481 e. The van der Waals surface area contributed by atoms with Gasteiger partial charge in [-0.15, -0.1) is 0 Å².